The molecule has 1 aromatic rings. The first kappa shape index (κ1) is 13.7. The summed E-state index contributed by atoms with van der Waals surface area (Å²) in [6.45, 7) is 5.89. The quantitative estimate of drug-likeness (QED) is 0.844. The first-order chi connectivity index (χ1) is 8.90. The Kier molecular flexibility index (Phi) is 3.66. The Morgan fingerprint density at radius 3 is 2.68 bits per heavy atom. The molecule has 1 atom stereocenters. The average Bonchev–Trinajstić information content (AvgIpc) is 2.74. The highest BCUT2D eigenvalue weighted by atomic mass is 16.7. The third-order valence-electron chi connectivity index (χ3n) is 2.73. The molecule has 5 heteroatoms. The van der Waals surface area contributed by atoms with Crippen LogP contribution in [-0.4, -0.2) is 24.9 Å². The van der Waals surface area contributed by atoms with E-state index in [1.165, 1.54) is 0 Å². The van der Waals surface area contributed by atoms with E-state index in [-0.39, 0.29) is 19.3 Å². The Bertz CT molecular complexity index is 479. The number of ether oxygens (including phenoxy) is 3. The smallest absolute Gasteiger partial charge is 0.315 e. The van der Waals surface area contributed by atoms with Gasteiger partial charge in [0, 0.05) is 6.54 Å². The Hall–Kier alpha value is -1.75. The van der Waals surface area contributed by atoms with Crippen molar-refractivity contribution >= 4 is 5.97 Å². The van der Waals surface area contributed by atoms with Crippen LogP contribution in [0.15, 0.2) is 18.2 Å². The largest absolute Gasteiger partial charge is 0.459 e. The third-order valence-corrected chi connectivity index (χ3v) is 2.73. The van der Waals surface area contributed by atoms with Gasteiger partial charge in [0.25, 0.3) is 0 Å². The molecule has 19 heavy (non-hydrogen) atoms. The molecule has 1 aliphatic rings. The Morgan fingerprint density at radius 1 is 1.37 bits per heavy atom. The number of hydrogen-bond acceptors (Lipinski definition) is 5. The van der Waals surface area contributed by atoms with E-state index < -0.39 is 11.5 Å². The van der Waals surface area contributed by atoms with Gasteiger partial charge in [-0.3, -0.25) is 4.79 Å². The van der Waals surface area contributed by atoms with Crippen molar-refractivity contribution in [3.63, 3.8) is 0 Å². The van der Waals surface area contributed by atoms with E-state index in [9.17, 15) is 4.79 Å². The number of fused-ring (bicyclic) bond motifs is 1. The number of benzene rings is 1. The molecular weight excluding hydrogens is 246 g/mol. The Morgan fingerprint density at radius 2 is 2.05 bits per heavy atom. The SMILES string of the molecule is CC(C)(C)OC(=O)[C@@H](CN)c1ccc2c(c1)OCO2. The lowest BCUT2D eigenvalue weighted by molar-refractivity contribution is -0.156. The maximum atomic E-state index is 12.1. The second-order valence-corrected chi connectivity index (χ2v) is 5.43. The van der Waals surface area contributed by atoms with Crippen LogP contribution in [0.25, 0.3) is 0 Å². The highest BCUT2D eigenvalue weighted by Crippen LogP contribution is 2.35. The minimum Gasteiger partial charge on any atom is -0.459 e. The molecule has 0 bridgehead atoms. The second kappa shape index (κ2) is 5.09. The molecule has 0 amide bonds. The Labute approximate surface area is 112 Å². The summed E-state index contributed by atoms with van der Waals surface area (Å²) in [6.07, 6.45) is 0. The molecule has 0 spiro atoms. The van der Waals surface area contributed by atoms with E-state index in [2.05, 4.69) is 0 Å². The van der Waals surface area contributed by atoms with E-state index in [0.29, 0.717) is 11.5 Å². The lowest BCUT2D eigenvalue weighted by Gasteiger charge is -2.23. The van der Waals surface area contributed by atoms with E-state index in [1.807, 2.05) is 26.8 Å². The molecule has 0 aromatic heterocycles. The van der Waals surface area contributed by atoms with Gasteiger partial charge in [0.05, 0.1) is 5.92 Å². The predicted octanol–water partition coefficient (Wildman–Crippen LogP) is 1.80. The maximum Gasteiger partial charge on any atom is 0.315 e. The van der Waals surface area contributed by atoms with Gasteiger partial charge in [0.15, 0.2) is 11.5 Å². The molecule has 2 N–H and O–H groups in total. The normalized spacial score (nSPS) is 15.2. The fourth-order valence-corrected chi connectivity index (χ4v) is 1.87. The number of rotatable bonds is 3. The van der Waals surface area contributed by atoms with Gasteiger partial charge in [-0.15, -0.1) is 0 Å². The minimum absolute atomic E-state index is 0.189. The summed E-state index contributed by atoms with van der Waals surface area (Å²) in [5, 5.41) is 0. The molecule has 0 unspecified atom stereocenters. The van der Waals surface area contributed by atoms with Crippen molar-refractivity contribution in [2.75, 3.05) is 13.3 Å². The molecule has 0 radical (unpaired) electrons. The lowest BCUT2D eigenvalue weighted by Crippen LogP contribution is -2.31. The van der Waals surface area contributed by atoms with Crippen LogP contribution < -0.4 is 15.2 Å². The highest BCUT2D eigenvalue weighted by Gasteiger charge is 2.27. The number of esters is 1. The zero-order valence-corrected chi connectivity index (χ0v) is 11.4. The van der Waals surface area contributed by atoms with Gasteiger partial charge in [-0.25, -0.2) is 0 Å². The number of carbonyl (C=O) groups excluding carboxylic acids is 1. The van der Waals surface area contributed by atoms with Gasteiger partial charge < -0.3 is 19.9 Å². The van der Waals surface area contributed by atoms with Gasteiger partial charge in [0.2, 0.25) is 6.79 Å². The molecule has 0 aliphatic carbocycles. The summed E-state index contributed by atoms with van der Waals surface area (Å²) in [4.78, 5) is 12.1. The van der Waals surface area contributed by atoms with Gasteiger partial charge in [0.1, 0.15) is 5.60 Å². The molecule has 104 valence electrons. The summed E-state index contributed by atoms with van der Waals surface area (Å²) < 4.78 is 15.9. The molecule has 2 rings (SSSR count). The molecular formula is C14H19NO4. The van der Waals surface area contributed by atoms with Crippen molar-refractivity contribution < 1.29 is 19.0 Å². The van der Waals surface area contributed by atoms with Gasteiger partial charge in [-0.1, -0.05) is 6.07 Å². The molecule has 1 aromatic carbocycles. The fourth-order valence-electron chi connectivity index (χ4n) is 1.87. The van der Waals surface area contributed by atoms with Crippen molar-refractivity contribution in [3.8, 4) is 11.5 Å². The first-order valence-electron chi connectivity index (χ1n) is 6.23. The Balaban J connectivity index is 2.20. The molecule has 0 fully saturated rings. The van der Waals surface area contributed by atoms with Crippen LogP contribution in [-0.2, 0) is 9.53 Å². The van der Waals surface area contributed by atoms with Crippen molar-refractivity contribution in [2.24, 2.45) is 5.73 Å². The topological polar surface area (TPSA) is 70.8 Å². The number of hydrogen-bond donors (Lipinski definition) is 1. The highest BCUT2D eigenvalue weighted by molar-refractivity contribution is 5.79. The van der Waals surface area contributed by atoms with Crippen LogP contribution in [0.1, 0.15) is 32.3 Å². The van der Waals surface area contributed by atoms with Crippen molar-refractivity contribution in [1.29, 1.82) is 0 Å². The maximum absolute atomic E-state index is 12.1. The van der Waals surface area contributed by atoms with Crippen molar-refractivity contribution in [2.45, 2.75) is 32.3 Å². The van der Waals surface area contributed by atoms with Gasteiger partial charge in [-0.2, -0.15) is 0 Å². The number of carbonyl (C=O) groups is 1. The van der Waals surface area contributed by atoms with Gasteiger partial charge in [-0.05, 0) is 38.5 Å². The van der Waals surface area contributed by atoms with Crippen molar-refractivity contribution in [3.05, 3.63) is 23.8 Å². The standard InChI is InChI=1S/C14H19NO4/c1-14(2,3)19-13(16)10(7-15)9-4-5-11-12(6-9)18-8-17-11/h4-6,10H,7-8,15H2,1-3H3/t10-/m0/s1. The first-order valence-corrected chi connectivity index (χ1v) is 6.23. The summed E-state index contributed by atoms with van der Waals surface area (Å²) in [6, 6.07) is 5.38. The molecule has 5 nitrogen and oxygen atoms in total. The molecule has 1 aliphatic heterocycles. The average molecular weight is 265 g/mol. The summed E-state index contributed by atoms with van der Waals surface area (Å²) in [5.74, 6) is 0.505. The van der Waals surface area contributed by atoms with Crippen LogP contribution in [0.5, 0.6) is 11.5 Å². The minimum atomic E-state index is -0.527. The monoisotopic (exact) mass is 265 g/mol. The van der Waals surface area contributed by atoms with E-state index >= 15 is 0 Å². The van der Waals surface area contributed by atoms with Crippen LogP contribution in [0.2, 0.25) is 0 Å². The van der Waals surface area contributed by atoms with Crippen LogP contribution in [0.3, 0.4) is 0 Å². The molecule has 0 saturated heterocycles. The predicted molar refractivity (Wildman–Crippen MR) is 70.2 cm³/mol. The van der Waals surface area contributed by atoms with Crippen LogP contribution in [0.4, 0.5) is 0 Å². The summed E-state index contributed by atoms with van der Waals surface area (Å²) >= 11 is 0. The van der Waals surface area contributed by atoms with Crippen LogP contribution in [0, 0.1) is 0 Å². The van der Waals surface area contributed by atoms with E-state index in [0.717, 1.165) is 5.56 Å². The van der Waals surface area contributed by atoms with Crippen molar-refractivity contribution in [1.82, 2.24) is 0 Å². The summed E-state index contributed by atoms with van der Waals surface area (Å²) in [5.41, 5.74) is 5.95. The number of nitrogens with two attached hydrogens (primary N) is 1. The zero-order valence-electron chi connectivity index (χ0n) is 11.4. The fraction of sp³-hybridized carbons (Fsp3) is 0.500. The van der Waals surface area contributed by atoms with Crippen LogP contribution >= 0.6 is 0 Å². The van der Waals surface area contributed by atoms with E-state index in [1.54, 1.807) is 12.1 Å². The van der Waals surface area contributed by atoms with E-state index in [4.69, 9.17) is 19.9 Å². The molecule has 1 heterocycles. The second-order valence-electron chi connectivity index (χ2n) is 5.43. The molecule has 0 saturated carbocycles. The van der Waals surface area contributed by atoms with Gasteiger partial charge >= 0.3 is 5.97 Å². The zero-order chi connectivity index (χ0) is 14.0. The summed E-state index contributed by atoms with van der Waals surface area (Å²) in [7, 11) is 0. The lowest BCUT2D eigenvalue weighted by atomic mass is 9.98. The third kappa shape index (κ3) is 3.17.